The highest BCUT2D eigenvalue weighted by Crippen LogP contribution is 2.25. The van der Waals surface area contributed by atoms with Crippen LogP contribution in [-0.4, -0.2) is 17.1 Å². The number of aromatic nitrogens is 2. The lowest BCUT2D eigenvalue weighted by atomic mass is 10.2. The molecular formula is C11H10ClFN2O. The molecule has 1 aromatic heterocycles. The van der Waals surface area contributed by atoms with E-state index in [9.17, 15) is 4.39 Å². The summed E-state index contributed by atoms with van der Waals surface area (Å²) in [7, 11) is 1.42. The summed E-state index contributed by atoms with van der Waals surface area (Å²) in [6.45, 7) is 1.80. The second-order valence-electron chi connectivity index (χ2n) is 3.36. The van der Waals surface area contributed by atoms with E-state index >= 15 is 0 Å². The summed E-state index contributed by atoms with van der Waals surface area (Å²) in [6.07, 6.45) is 0. The van der Waals surface area contributed by atoms with Crippen LogP contribution >= 0.6 is 11.6 Å². The molecule has 84 valence electrons. The number of ether oxygens (including phenoxy) is 1. The van der Waals surface area contributed by atoms with Gasteiger partial charge in [-0.25, -0.2) is 14.4 Å². The number of fused-ring (bicyclic) bond motifs is 1. The van der Waals surface area contributed by atoms with Crippen LogP contribution in [0.25, 0.3) is 10.9 Å². The lowest BCUT2D eigenvalue weighted by Crippen LogP contribution is -1.97. The molecule has 1 heterocycles. The molecule has 0 spiro atoms. The monoisotopic (exact) mass is 240 g/mol. The molecular weight excluding hydrogens is 231 g/mol. The minimum Gasteiger partial charge on any atom is -0.494 e. The summed E-state index contributed by atoms with van der Waals surface area (Å²) in [5.74, 6) is 0.517. The third-order valence-electron chi connectivity index (χ3n) is 2.33. The molecule has 0 unspecified atom stereocenters. The van der Waals surface area contributed by atoms with Crippen molar-refractivity contribution in [1.29, 1.82) is 0 Å². The Morgan fingerprint density at radius 1 is 1.38 bits per heavy atom. The Bertz CT molecular complexity index is 545. The Balaban J connectivity index is 2.75. The zero-order valence-corrected chi connectivity index (χ0v) is 9.68. The van der Waals surface area contributed by atoms with Gasteiger partial charge in [-0.3, -0.25) is 0 Å². The number of hydrogen-bond acceptors (Lipinski definition) is 3. The molecule has 5 heteroatoms. The Kier molecular flexibility index (Phi) is 2.92. The summed E-state index contributed by atoms with van der Waals surface area (Å²) < 4.78 is 18.4. The molecule has 3 nitrogen and oxygen atoms in total. The van der Waals surface area contributed by atoms with Gasteiger partial charge in [0, 0.05) is 17.1 Å². The summed E-state index contributed by atoms with van der Waals surface area (Å²) in [4.78, 5) is 8.38. The van der Waals surface area contributed by atoms with E-state index in [2.05, 4.69) is 9.97 Å². The number of halogens is 2. The van der Waals surface area contributed by atoms with Gasteiger partial charge in [-0.2, -0.15) is 0 Å². The minimum absolute atomic E-state index is 0.172. The first kappa shape index (κ1) is 11.1. The molecule has 1 aromatic carbocycles. The van der Waals surface area contributed by atoms with Crippen molar-refractivity contribution in [2.45, 2.75) is 12.8 Å². The van der Waals surface area contributed by atoms with E-state index in [0.717, 1.165) is 0 Å². The minimum atomic E-state index is -0.416. The highest BCUT2D eigenvalue weighted by molar-refractivity contribution is 6.16. The molecule has 0 radical (unpaired) electrons. The van der Waals surface area contributed by atoms with Gasteiger partial charge in [0.2, 0.25) is 0 Å². The van der Waals surface area contributed by atoms with Crippen molar-refractivity contribution < 1.29 is 9.13 Å². The second-order valence-corrected chi connectivity index (χ2v) is 3.63. The van der Waals surface area contributed by atoms with Crippen LogP contribution in [0.4, 0.5) is 4.39 Å². The Hall–Kier alpha value is -1.42. The third kappa shape index (κ3) is 1.80. The van der Waals surface area contributed by atoms with Gasteiger partial charge in [0.1, 0.15) is 5.82 Å². The number of hydrogen-bond donors (Lipinski definition) is 0. The predicted octanol–water partition coefficient (Wildman–Crippen LogP) is 2.82. The Morgan fingerprint density at radius 3 is 2.75 bits per heavy atom. The van der Waals surface area contributed by atoms with Crippen molar-refractivity contribution in [2.24, 2.45) is 0 Å². The Morgan fingerprint density at radius 2 is 2.12 bits per heavy atom. The Labute approximate surface area is 97.2 Å². The summed E-state index contributed by atoms with van der Waals surface area (Å²) >= 11 is 5.67. The number of benzene rings is 1. The number of alkyl halides is 1. The molecule has 0 aliphatic rings. The van der Waals surface area contributed by atoms with Gasteiger partial charge in [0.25, 0.3) is 0 Å². The fourth-order valence-corrected chi connectivity index (χ4v) is 1.68. The molecule has 0 saturated carbocycles. The first-order chi connectivity index (χ1) is 7.65. The number of rotatable bonds is 2. The van der Waals surface area contributed by atoms with Crippen molar-refractivity contribution in [1.82, 2.24) is 9.97 Å². The standard InChI is InChI=1S/C11H10ClFN2O/c1-6-7-3-8(13)10(16-2)4-9(7)15-11(5-12)14-6/h3-4H,5H2,1-2H3. The van der Waals surface area contributed by atoms with Crippen LogP contribution in [0.1, 0.15) is 11.5 Å². The van der Waals surface area contributed by atoms with Crippen LogP contribution in [0.3, 0.4) is 0 Å². The maximum Gasteiger partial charge on any atom is 0.165 e. The van der Waals surface area contributed by atoms with Crippen molar-refractivity contribution >= 4 is 22.5 Å². The SMILES string of the molecule is COc1cc2nc(CCl)nc(C)c2cc1F. The lowest BCUT2D eigenvalue weighted by molar-refractivity contribution is 0.387. The smallest absolute Gasteiger partial charge is 0.165 e. The molecule has 0 bridgehead atoms. The van der Waals surface area contributed by atoms with Gasteiger partial charge >= 0.3 is 0 Å². The molecule has 2 aromatic rings. The molecule has 0 atom stereocenters. The van der Waals surface area contributed by atoms with Crippen molar-refractivity contribution in [3.8, 4) is 5.75 Å². The van der Waals surface area contributed by atoms with Gasteiger partial charge in [0.05, 0.1) is 18.5 Å². The molecule has 0 aliphatic carbocycles. The van der Waals surface area contributed by atoms with Crippen LogP contribution in [0.15, 0.2) is 12.1 Å². The lowest BCUT2D eigenvalue weighted by Gasteiger charge is -2.06. The number of methoxy groups -OCH3 is 1. The average Bonchev–Trinajstić information content (AvgIpc) is 2.29. The van der Waals surface area contributed by atoms with E-state index < -0.39 is 5.82 Å². The molecule has 2 rings (SSSR count). The maximum absolute atomic E-state index is 13.5. The molecule has 0 saturated heterocycles. The van der Waals surface area contributed by atoms with Crippen LogP contribution in [0.2, 0.25) is 0 Å². The van der Waals surface area contributed by atoms with Gasteiger partial charge in [-0.05, 0) is 13.0 Å². The van der Waals surface area contributed by atoms with Gasteiger partial charge in [-0.1, -0.05) is 0 Å². The molecule has 0 fully saturated rings. The molecule has 0 amide bonds. The van der Waals surface area contributed by atoms with Gasteiger partial charge in [-0.15, -0.1) is 11.6 Å². The van der Waals surface area contributed by atoms with E-state index in [4.69, 9.17) is 16.3 Å². The zero-order chi connectivity index (χ0) is 11.7. The van der Waals surface area contributed by atoms with E-state index in [1.165, 1.54) is 13.2 Å². The topological polar surface area (TPSA) is 35.0 Å². The van der Waals surface area contributed by atoms with Gasteiger partial charge in [0.15, 0.2) is 11.6 Å². The van der Waals surface area contributed by atoms with Crippen molar-refractivity contribution in [3.63, 3.8) is 0 Å². The summed E-state index contributed by atoms with van der Waals surface area (Å²) in [6, 6.07) is 2.93. The van der Waals surface area contributed by atoms with E-state index in [-0.39, 0.29) is 11.6 Å². The summed E-state index contributed by atoms with van der Waals surface area (Å²) in [5, 5.41) is 0.673. The zero-order valence-electron chi connectivity index (χ0n) is 8.92. The highest BCUT2D eigenvalue weighted by Gasteiger charge is 2.09. The maximum atomic E-state index is 13.5. The normalized spacial score (nSPS) is 10.8. The largest absolute Gasteiger partial charge is 0.494 e. The third-order valence-corrected chi connectivity index (χ3v) is 2.56. The predicted molar refractivity (Wildman–Crippen MR) is 60.3 cm³/mol. The fourth-order valence-electron chi connectivity index (χ4n) is 1.56. The van der Waals surface area contributed by atoms with Crippen LogP contribution in [-0.2, 0) is 5.88 Å². The van der Waals surface area contributed by atoms with E-state index in [0.29, 0.717) is 22.4 Å². The number of nitrogens with zero attached hydrogens (tertiary/aromatic N) is 2. The first-order valence-corrected chi connectivity index (χ1v) is 5.26. The van der Waals surface area contributed by atoms with Crippen LogP contribution < -0.4 is 4.74 Å². The summed E-state index contributed by atoms with van der Waals surface area (Å²) in [5.41, 5.74) is 1.35. The van der Waals surface area contributed by atoms with Gasteiger partial charge < -0.3 is 4.74 Å². The van der Waals surface area contributed by atoms with Crippen LogP contribution in [0, 0.1) is 12.7 Å². The molecule has 16 heavy (non-hydrogen) atoms. The van der Waals surface area contributed by atoms with Crippen molar-refractivity contribution in [3.05, 3.63) is 29.5 Å². The molecule has 0 N–H and O–H groups in total. The van der Waals surface area contributed by atoms with Crippen LogP contribution in [0.5, 0.6) is 5.75 Å². The van der Waals surface area contributed by atoms with E-state index in [1.54, 1.807) is 13.0 Å². The molecule has 0 aliphatic heterocycles. The number of aryl methyl sites for hydroxylation is 1. The fraction of sp³-hybridized carbons (Fsp3) is 0.273. The average molecular weight is 241 g/mol. The quantitative estimate of drug-likeness (QED) is 0.757. The second kappa shape index (κ2) is 4.22. The van der Waals surface area contributed by atoms with Crippen molar-refractivity contribution in [2.75, 3.05) is 7.11 Å². The van der Waals surface area contributed by atoms with E-state index in [1.807, 2.05) is 0 Å². The first-order valence-electron chi connectivity index (χ1n) is 4.72. The highest BCUT2D eigenvalue weighted by atomic mass is 35.5.